The smallest absolute Gasteiger partial charge is 0.338 e. The van der Waals surface area contributed by atoms with Gasteiger partial charge >= 0.3 is 17.9 Å². The van der Waals surface area contributed by atoms with Gasteiger partial charge in [-0.05, 0) is 42.8 Å². The zero-order valence-corrected chi connectivity index (χ0v) is 22.4. The Balaban J connectivity index is 1.47. The maximum absolute atomic E-state index is 13.2. The number of nitrogens with two attached hydrogens (primary N) is 1. The molecule has 2 aliphatic rings. The minimum atomic E-state index is -1.20. The molecule has 0 aliphatic carbocycles. The number of primary amides is 1. The van der Waals surface area contributed by atoms with Gasteiger partial charge in [-0.1, -0.05) is 60.7 Å². The summed E-state index contributed by atoms with van der Waals surface area (Å²) in [6, 6.07) is 25.0. The first-order valence-corrected chi connectivity index (χ1v) is 13.2. The van der Waals surface area contributed by atoms with Gasteiger partial charge in [0, 0.05) is 18.0 Å². The second-order valence-electron chi connectivity index (χ2n) is 9.56. The van der Waals surface area contributed by atoms with Gasteiger partial charge in [-0.15, -0.1) is 0 Å². The molecule has 2 aliphatic heterocycles. The maximum Gasteiger partial charge on any atom is 0.338 e. The lowest BCUT2D eigenvalue weighted by Crippen LogP contribution is -2.45. The molecule has 5 rings (SSSR count). The monoisotopic (exact) mass is 568 g/mol. The lowest BCUT2D eigenvalue weighted by Gasteiger charge is -2.31. The van der Waals surface area contributed by atoms with Crippen molar-refractivity contribution >= 4 is 23.8 Å². The minimum Gasteiger partial charge on any atom is -0.459 e. The van der Waals surface area contributed by atoms with E-state index in [1.54, 1.807) is 103 Å². The summed E-state index contributed by atoms with van der Waals surface area (Å²) in [6.07, 6.45) is 0.658. The summed E-state index contributed by atoms with van der Waals surface area (Å²) in [4.78, 5) is 52.6. The van der Waals surface area contributed by atoms with Crippen molar-refractivity contribution in [2.45, 2.75) is 31.0 Å². The second kappa shape index (κ2) is 13.0. The Kier molecular flexibility index (Phi) is 8.74. The van der Waals surface area contributed by atoms with Crippen LogP contribution in [0, 0.1) is 0 Å². The molecule has 3 aromatic carbocycles. The molecule has 0 spiro atoms. The van der Waals surface area contributed by atoms with Crippen molar-refractivity contribution in [2.24, 2.45) is 5.73 Å². The van der Waals surface area contributed by atoms with Crippen molar-refractivity contribution < 1.29 is 38.1 Å². The highest BCUT2D eigenvalue weighted by atomic mass is 16.7. The molecule has 2 N–H and O–H groups in total. The largest absolute Gasteiger partial charge is 0.459 e. The average molecular weight is 569 g/mol. The van der Waals surface area contributed by atoms with Crippen LogP contribution in [0.25, 0.3) is 0 Å². The number of hydrogen-bond acceptors (Lipinski definition) is 9. The van der Waals surface area contributed by atoms with Crippen LogP contribution < -0.4 is 5.73 Å². The lowest BCUT2D eigenvalue weighted by atomic mass is 10.1. The van der Waals surface area contributed by atoms with Gasteiger partial charge in [0.2, 0.25) is 5.91 Å². The van der Waals surface area contributed by atoms with Crippen LogP contribution in [-0.2, 0) is 23.7 Å². The molecule has 42 heavy (non-hydrogen) atoms. The third kappa shape index (κ3) is 6.56. The van der Waals surface area contributed by atoms with Crippen molar-refractivity contribution in [2.75, 3.05) is 6.61 Å². The van der Waals surface area contributed by atoms with E-state index in [0.717, 1.165) is 0 Å². The molecule has 10 heteroatoms. The summed E-state index contributed by atoms with van der Waals surface area (Å²) in [5.74, 6) is -2.60. The molecule has 0 aromatic heterocycles. The molecule has 1 amide bonds. The van der Waals surface area contributed by atoms with Gasteiger partial charge in [-0.3, -0.25) is 4.79 Å². The van der Waals surface area contributed by atoms with Crippen LogP contribution in [0.5, 0.6) is 0 Å². The van der Waals surface area contributed by atoms with E-state index < -0.39 is 48.4 Å². The minimum absolute atomic E-state index is 0.267. The Morgan fingerprint density at radius 2 is 1.24 bits per heavy atom. The number of carbonyl (C=O) groups is 4. The first-order chi connectivity index (χ1) is 20.4. The number of esters is 3. The Labute approximate surface area is 241 Å². The number of ether oxygens (including phenoxy) is 4. The van der Waals surface area contributed by atoms with E-state index in [0.29, 0.717) is 17.6 Å². The summed E-state index contributed by atoms with van der Waals surface area (Å²) in [5, 5.41) is 0. The highest BCUT2D eigenvalue weighted by Gasteiger charge is 2.52. The van der Waals surface area contributed by atoms with E-state index in [-0.39, 0.29) is 17.7 Å². The number of hydrogen-bond donors (Lipinski definition) is 1. The fourth-order valence-electron chi connectivity index (χ4n) is 4.60. The predicted octanol–water partition coefficient (Wildman–Crippen LogP) is 3.61. The molecule has 214 valence electrons. The van der Waals surface area contributed by atoms with Crippen LogP contribution in [0.3, 0.4) is 0 Å². The third-order valence-electron chi connectivity index (χ3n) is 6.71. The number of carbonyl (C=O) groups excluding carboxylic acids is 4. The summed E-state index contributed by atoms with van der Waals surface area (Å²) in [5.41, 5.74) is 6.68. The number of benzene rings is 3. The predicted molar refractivity (Wildman–Crippen MR) is 150 cm³/mol. The molecular weight excluding hydrogens is 540 g/mol. The van der Waals surface area contributed by atoms with E-state index in [2.05, 4.69) is 0 Å². The molecule has 4 atom stereocenters. The van der Waals surface area contributed by atoms with Gasteiger partial charge < -0.3 is 29.6 Å². The first-order valence-electron chi connectivity index (χ1n) is 13.2. The van der Waals surface area contributed by atoms with E-state index >= 15 is 0 Å². The molecule has 3 aromatic rings. The molecule has 0 radical (unpaired) electrons. The van der Waals surface area contributed by atoms with Crippen LogP contribution in [0.1, 0.15) is 37.5 Å². The Bertz CT molecular complexity index is 1490. The van der Waals surface area contributed by atoms with E-state index in [1.807, 2.05) is 0 Å². The maximum atomic E-state index is 13.2. The van der Waals surface area contributed by atoms with Crippen LogP contribution in [0.2, 0.25) is 0 Å². The SMILES string of the molecule is NC(=O)C1=CN(C2OC(COC(=O)c3ccccc3)C(OC(=O)c3ccccc3)[C@H]2OC(=O)c2ccccc2)C=CC1. The fraction of sp³-hybridized carbons (Fsp3) is 0.188. The van der Waals surface area contributed by atoms with Crippen LogP contribution in [-0.4, -0.2) is 59.9 Å². The number of allylic oxidation sites excluding steroid dienone is 1. The fourth-order valence-corrected chi connectivity index (χ4v) is 4.60. The van der Waals surface area contributed by atoms with Crippen molar-refractivity contribution in [3.8, 4) is 0 Å². The summed E-state index contributed by atoms with van der Waals surface area (Å²) < 4.78 is 23.6. The van der Waals surface area contributed by atoms with Gasteiger partial charge in [0.1, 0.15) is 12.7 Å². The first kappa shape index (κ1) is 28.3. The van der Waals surface area contributed by atoms with Crippen molar-refractivity contribution in [1.29, 1.82) is 0 Å². The van der Waals surface area contributed by atoms with Crippen molar-refractivity contribution in [1.82, 2.24) is 4.90 Å². The van der Waals surface area contributed by atoms with Crippen LogP contribution in [0.15, 0.2) is 115 Å². The third-order valence-corrected chi connectivity index (χ3v) is 6.71. The van der Waals surface area contributed by atoms with Gasteiger partial charge in [-0.2, -0.15) is 0 Å². The highest BCUT2D eigenvalue weighted by Crippen LogP contribution is 2.33. The number of rotatable bonds is 9. The quantitative estimate of drug-likeness (QED) is 0.303. The van der Waals surface area contributed by atoms with Gasteiger partial charge in [0.25, 0.3) is 0 Å². The standard InChI is InChI=1S/C32H28N2O8/c33-28(35)24-17-10-18-34(19-24)29-27(42-32(38)23-15-8-3-9-16-23)26(41-31(37)22-13-6-2-7-14-22)25(40-29)20-39-30(36)21-11-4-1-5-12-21/h1-16,18-19,25-27,29H,17,20H2,(H2,33,35)/t25?,26?,27-,29?/m1/s1. The van der Waals surface area contributed by atoms with Gasteiger partial charge in [-0.25, -0.2) is 14.4 Å². The summed E-state index contributed by atoms with van der Waals surface area (Å²) >= 11 is 0. The Morgan fingerprint density at radius 3 is 1.76 bits per heavy atom. The van der Waals surface area contributed by atoms with E-state index in [4.69, 9.17) is 24.7 Å². The van der Waals surface area contributed by atoms with Gasteiger partial charge in [0.15, 0.2) is 18.4 Å². The topological polar surface area (TPSA) is 134 Å². The zero-order chi connectivity index (χ0) is 29.5. The molecule has 0 saturated carbocycles. The normalized spacial score (nSPS) is 21.2. The highest BCUT2D eigenvalue weighted by molar-refractivity contribution is 5.92. The summed E-state index contributed by atoms with van der Waals surface area (Å²) in [6.45, 7) is -0.319. The van der Waals surface area contributed by atoms with E-state index in [9.17, 15) is 19.2 Å². The lowest BCUT2D eigenvalue weighted by molar-refractivity contribution is -0.115. The van der Waals surface area contributed by atoms with E-state index in [1.165, 1.54) is 11.1 Å². The summed E-state index contributed by atoms with van der Waals surface area (Å²) in [7, 11) is 0. The van der Waals surface area contributed by atoms with Crippen molar-refractivity contribution in [3.63, 3.8) is 0 Å². The zero-order valence-electron chi connectivity index (χ0n) is 22.4. The molecule has 2 heterocycles. The Morgan fingerprint density at radius 1 is 0.738 bits per heavy atom. The van der Waals surface area contributed by atoms with Gasteiger partial charge in [0.05, 0.1) is 16.7 Å². The number of amides is 1. The number of nitrogens with zero attached hydrogens (tertiary/aromatic N) is 1. The molecule has 0 bridgehead atoms. The second-order valence-corrected chi connectivity index (χ2v) is 9.56. The van der Waals surface area contributed by atoms with Crippen molar-refractivity contribution in [3.05, 3.63) is 132 Å². The van der Waals surface area contributed by atoms with Crippen LogP contribution in [0.4, 0.5) is 0 Å². The molecule has 1 saturated heterocycles. The molecule has 3 unspecified atom stereocenters. The molecule has 10 nitrogen and oxygen atoms in total. The molecule has 1 fully saturated rings. The molecular formula is C32H28N2O8. The average Bonchev–Trinajstić information content (AvgIpc) is 3.37. The Hall–Kier alpha value is -5.22. The van der Waals surface area contributed by atoms with Crippen LogP contribution >= 0.6 is 0 Å².